The van der Waals surface area contributed by atoms with Crippen molar-refractivity contribution in [3.63, 3.8) is 0 Å². The quantitative estimate of drug-likeness (QED) is 0.154. The molecule has 1 aromatic heterocycles. The van der Waals surface area contributed by atoms with Crippen molar-refractivity contribution >= 4 is 20.4 Å². The molecule has 0 bridgehead atoms. The molecule has 0 aliphatic rings. The zero-order valence-electron chi connectivity index (χ0n) is 24.1. The topological polar surface area (TPSA) is 78.3 Å². The van der Waals surface area contributed by atoms with Crippen LogP contribution in [0.2, 0.25) is 0 Å². The second kappa shape index (κ2) is 11.3. The van der Waals surface area contributed by atoms with Crippen LogP contribution in [-0.2, 0) is 10.1 Å². The highest BCUT2D eigenvalue weighted by Crippen LogP contribution is 2.68. The minimum absolute atomic E-state index is 0.131. The summed E-state index contributed by atoms with van der Waals surface area (Å²) in [5.41, 5.74) is 0.203. The van der Waals surface area contributed by atoms with E-state index in [-0.39, 0.29) is 16.1 Å². The Hall–Kier alpha value is -3.33. The molecule has 212 valence electrons. The number of aromatic nitrogens is 1. The first kappa shape index (κ1) is 29.6. The van der Waals surface area contributed by atoms with Crippen LogP contribution in [0.25, 0.3) is 0 Å². The lowest BCUT2D eigenvalue weighted by atomic mass is 10.2. The number of nitrogens with zero attached hydrogens (tertiary/aromatic N) is 1. The van der Waals surface area contributed by atoms with Crippen LogP contribution in [0.4, 0.5) is 0 Å². The average Bonchev–Trinajstić information content (AvgIpc) is 2.87. The first-order chi connectivity index (χ1) is 18.7. The predicted octanol–water partition coefficient (Wildman–Crippen LogP) is 8.42. The molecule has 0 spiro atoms. The van der Waals surface area contributed by atoms with E-state index in [2.05, 4.69) is 4.98 Å². The van der Waals surface area contributed by atoms with Crippen LogP contribution in [0.3, 0.4) is 0 Å². The molecule has 0 unspecified atom stereocenters. The molecule has 40 heavy (non-hydrogen) atoms. The van der Waals surface area contributed by atoms with Gasteiger partial charge < -0.3 is 9.47 Å². The predicted molar refractivity (Wildman–Crippen MR) is 161 cm³/mol. The lowest BCUT2D eigenvalue weighted by Crippen LogP contribution is -2.23. The summed E-state index contributed by atoms with van der Waals surface area (Å²) in [5, 5.41) is 0.555. The third kappa shape index (κ3) is 7.05. The maximum absolute atomic E-state index is 14.0. The van der Waals surface area contributed by atoms with Crippen LogP contribution in [0.5, 0.6) is 11.5 Å². The van der Waals surface area contributed by atoms with Gasteiger partial charge in [-0.05, 0) is 121 Å². The van der Waals surface area contributed by atoms with Crippen LogP contribution >= 0.6 is 10.3 Å². The highest BCUT2D eigenvalue weighted by Gasteiger charge is 2.45. The van der Waals surface area contributed by atoms with E-state index in [0.29, 0.717) is 26.3 Å². The SMILES string of the molecule is Cc1ccc(S(=O)(=O)[OH+]S(c2ccc(OC(C)(C)C)cc2)(c2ccc(OC(C)(C)C)cc2)c2ccccn2)cc1. The van der Waals surface area contributed by atoms with Crippen molar-refractivity contribution < 1.29 is 21.5 Å². The van der Waals surface area contributed by atoms with Gasteiger partial charge in [-0.25, -0.2) is 4.98 Å². The summed E-state index contributed by atoms with van der Waals surface area (Å²) in [6, 6.07) is 27.2. The number of hydrogen-bond acceptors (Lipinski definition) is 5. The van der Waals surface area contributed by atoms with Gasteiger partial charge in [0, 0.05) is 6.20 Å². The van der Waals surface area contributed by atoms with E-state index in [1.54, 1.807) is 30.5 Å². The molecule has 1 N–H and O–H groups in total. The normalized spacial score (nSPS) is 13.1. The van der Waals surface area contributed by atoms with Gasteiger partial charge in [0.25, 0.3) is 0 Å². The van der Waals surface area contributed by atoms with E-state index >= 15 is 0 Å². The molecule has 6 nitrogen and oxygen atoms in total. The zero-order chi connectivity index (χ0) is 29.2. The molecule has 1 heterocycles. The van der Waals surface area contributed by atoms with Gasteiger partial charge >= 0.3 is 10.1 Å². The molecule has 4 aromatic rings. The van der Waals surface area contributed by atoms with Crippen molar-refractivity contribution in [2.45, 2.75) is 79.4 Å². The van der Waals surface area contributed by atoms with Crippen LogP contribution in [0, 0.1) is 6.92 Å². The largest absolute Gasteiger partial charge is 0.488 e. The fourth-order valence-corrected chi connectivity index (χ4v) is 9.34. The fourth-order valence-electron chi connectivity index (χ4n) is 4.04. The molecule has 0 amide bonds. The maximum atomic E-state index is 14.0. The molecule has 0 aliphatic heterocycles. The van der Waals surface area contributed by atoms with Crippen LogP contribution in [0.1, 0.15) is 47.1 Å². The Bertz CT molecular complexity index is 1460. The monoisotopic (exact) mass is 580 g/mol. The van der Waals surface area contributed by atoms with Crippen molar-refractivity contribution in [1.82, 2.24) is 4.98 Å². The van der Waals surface area contributed by atoms with Gasteiger partial charge in [0.15, 0.2) is 5.03 Å². The zero-order valence-corrected chi connectivity index (χ0v) is 25.7. The Morgan fingerprint density at radius 2 is 1.07 bits per heavy atom. The number of pyridine rings is 1. The molecule has 0 fully saturated rings. The van der Waals surface area contributed by atoms with Crippen LogP contribution < -0.4 is 9.47 Å². The molecular formula is C32H38NO5S2+. The van der Waals surface area contributed by atoms with E-state index < -0.39 is 20.4 Å². The van der Waals surface area contributed by atoms with E-state index in [0.717, 1.165) is 5.56 Å². The minimum atomic E-state index is -4.10. The summed E-state index contributed by atoms with van der Waals surface area (Å²) >= 11 is 0. The molecule has 0 aliphatic carbocycles. The van der Waals surface area contributed by atoms with Gasteiger partial charge in [-0.3, -0.25) is 3.63 Å². The van der Waals surface area contributed by atoms with Gasteiger partial charge in [-0.15, -0.1) is 8.42 Å². The number of ether oxygens (including phenoxy) is 2. The smallest absolute Gasteiger partial charge is 0.422 e. The van der Waals surface area contributed by atoms with Crippen molar-refractivity contribution in [3.05, 3.63) is 103 Å². The first-order valence-electron chi connectivity index (χ1n) is 13.1. The summed E-state index contributed by atoms with van der Waals surface area (Å²) in [6.07, 6.45) is 1.67. The Labute approximate surface area is 240 Å². The number of benzene rings is 3. The van der Waals surface area contributed by atoms with Crippen molar-refractivity contribution in [2.75, 3.05) is 0 Å². The lowest BCUT2D eigenvalue weighted by molar-refractivity contribution is 0.130. The van der Waals surface area contributed by atoms with E-state index in [4.69, 9.17) is 13.1 Å². The third-order valence-corrected chi connectivity index (χ3v) is 10.9. The number of hydrogen-bond donors (Lipinski definition) is 0. The van der Waals surface area contributed by atoms with Crippen molar-refractivity contribution in [1.29, 1.82) is 0 Å². The maximum Gasteiger partial charge on any atom is 0.422 e. The second-order valence-electron chi connectivity index (χ2n) is 11.5. The fraction of sp³-hybridized carbons (Fsp3) is 0.281. The molecule has 0 saturated heterocycles. The Morgan fingerprint density at radius 1 is 0.625 bits per heavy atom. The molecule has 8 heteroatoms. The van der Waals surface area contributed by atoms with Gasteiger partial charge in [-0.1, -0.05) is 23.8 Å². The standard InChI is InChI=1S/C32H37NO5S2/c1-24-11-17-29(18-12-24)40(34,35)38-39(30-10-8-9-23-33-30,27-19-13-25(14-20-27)36-31(2,3)4)28-21-15-26(16-22-28)37-32(5,6)7/h8-23H,1-7H3/p+1. The molecular weight excluding hydrogens is 542 g/mol. The van der Waals surface area contributed by atoms with E-state index in [9.17, 15) is 8.42 Å². The summed E-state index contributed by atoms with van der Waals surface area (Å²) < 4.78 is 44.8. The first-order valence-corrected chi connectivity index (χ1v) is 16.1. The molecule has 4 rings (SSSR count). The Morgan fingerprint density at radius 3 is 1.48 bits per heavy atom. The van der Waals surface area contributed by atoms with Gasteiger partial charge in [0.05, 0.1) is 20.1 Å². The van der Waals surface area contributed by atoms with Gasteiger partial charge in [0.2, 0.25) is 0 Å². The summed E-state index contributed by atoms with van der Waals surface area (Å²) in [7, 11) is -6.85. The van der Waals surface area contributed by atoms with Crippen molar-refractivity contribution in [3.8, 4) is 11.5 Å². The Kier molecular flexibility index (Phi) is 8.36. The average molecular weight is 581 g/mol. The molecule has 3 aromatic carbocycles. The highest BCUT2D eigenvalue weighted by molar-refractivity contribution is 8.32. The van der Waals surface area contributed by atoms with Crippen molar-refractivity contribution in [2.24, 2.45) is 0 Å². The second-order valence-corrected chi connectivity index (χ2v) is 16.0. The Balaban J connectivity index is 1.94. The minimum Gasteiger partial charge on any atom is -0.488 e. The van der Waals surface area contributed by atoms with E-state index in [1.165, 1.54) is 0 Å². The summed E-state index contributed by atoms with van der Waals surface area (Å²) in [6.45, 7) is 13.8. The van der Waals surface area contributed by atoms with Gasteiger partial charge in [-0.2, -0.15) is 0 Å². The van der Waals surface area contributed by atoms with Crippen LogP contribution in [-0.4, -0.2) is 28.2 Å². The van der Waals surface area contributed by atoms with Gasteiger partial charge in [0.1, 0.15) is 27.6 Å². The molecule has 0 radical (unpaired) electrons. The van der Waals surface area contributed by atoms with Crippen LogP contribution in [0.15, 0.2) is 117 Å². The molecule has 0 atom stereocenters. The number of rotatable bonds is 8. The van der Waals surface area contributed by atoms with E-state index in [1.807, 2.05) is 115 Å². The highest BCUT2D eigenvalue weighted by atomic mass is 32.3. The number of aryl methyl sites for hydroxylation is 1. The molecule has 0 saturated carbocycles. The summed E-state index contributed by atoms with van der Waals surface area (Å²) in [5.74, 6) is 1.36. The third-order valence-electron chi connectivity index (χ3n) is 5.65. The summed E-state index contributed by atoms with van der Waals surface area (Å²) in [4.78, 5) is 6.24. The lowest BCUT2D eigenvalue weighted by Gasteiger charge is -2.34.